The normalized spacial score (nSPS) is 11.2. The number of hydrogen-bond acceptors (Lipinski definition) is 4. The fraction of sp³-hybridized carbons (Fsp3) is 0.120. The van der Waals surface area contributed by atoms with Crippen molar-refractivity contribution in [3.05, 3.63) is 111 Å². The number of carbonyl (C=O) groups is 1. The van der Waals surface area contributed by atoms with Gasteiger partial charge in [0.15, 0.2) is 0 Å². The molecule has 0 unspecified atom stereocenters. The maximum Gasteiger partial charge on any atom is 0.273 e. The average molecular weight is 426 g/mol. The highest BCUT2D eigenvalue weighted by atomic mass is 16.6. The molecular formula is C25H22N4O3. The van der Waals surface area contributed by atoms with Crippen LogP contribution in [-0.4, -0.2) is 21.6 Å². The van der Waals surface area contributed by atoms with E-state index in [0.717, 1.165) is 28.7 Å². The molecule has 0 saturated heterocycles. The van der Waals surface area contributed by atoms with E-state index < -0.39 is 10.8 Å². The van der Waals surface area contributed by atoms with Crippen molar-refractivity contribution in [1.29, 1.82) is 0 Å². The number of hydrogen-bond donors (Lipinski definition) is 1. The minimum Gasteiger partial charge on any atom is -0.340 e. The molecule has 1 heterocycles. The van der Waals surface area contributed by atoms with E-state index in [1.165, 1.54) is 11.6 Å². The van der Waals surface area contributed by atoms with Crippen LogP contribution in [0.2, 0.25) is 0 Å². The van der Waals surface area contributed by atoms with Crippen LogP contribution in [0.4, 0.5) is 5.69 Å². The van der Waals surface area contributed by atoms with Crippen LogP contribution in [0, 0.1) is 17.0 Å². The second-order valence-corrected chi connectivity index (χ2v) is 7.44. The topological polar surface area (TPSA) is 89.5 Å². The maximum absolute atomic E-state index is 12.3. The lowest BCUT2D eigenvalue weighted by molar-refractivity contribution is -0.385. The highest BCUT2D eigenvalue weighted by Gasteiger charge is 2.16. The number of para-hydroxylation sites is 2. The molecule has 0 spiro atoms. The van der Waals surface area contributed by atoms with Crippen molar-refractivity contribution in [3.8, 4) is 0 Å². The predicted octanol–water partition coefficient (Wildman–Crippen LogP) is 4.60. The number of benzene rings is 3. The molecule has 1 N–H and O–H groups in total. The van der Waals surface area contributed by atoms with Crippen molar-refractivity contribution in [3.63, 3.8) is 0 Å². The van der Waals surface area contributed by atoms with Gasteiger partial charge in [-0.1, -0.05) is 66.7 Å². The van der Waals surface area contributed by atoms with E-state index in [1.54, 1.807) is 24.4 Å². The first-order valence-electron chi connectivity index (χ1n) is 10.2. The van der Waals surface area contributed by atoms with E-state index in [2.05, 4.69) is 33.3 Å². The lowest BCUT2D eigenvalue weighted by Gasteiger charge is -2.08. The Labute approximate surface area is 185 Å². The molecule has 7 nitrogen and oxygen atoms in total. The fourth-order valence-electron chi connectivity index (χ4n) is 3.81. The largest absolute Gasteiger partial charge is 0.340 e. The van der Waals surface area contributed by atoms with E-state index in [4.69, 9.17) is 0 Å². The third kappa shape index (κ3) is 4.41. The standard InChI is InChI=1S/C25H22N4O3/c1-18-22(16-26-27-25(30)15-20-11-5-7-13-23(20)29(31)32)21-12-6-8-14-24(21)28(18)17-19-9-3-2-4-10-19/h2-14,16H,15,17H2,1H3,(H,27,30). The number of amides is 1. The first-order valence-corrected chi connectivity index (χ1v) is 10.2. The van der Waals surface area contributed by atoms with Gasteiger partial charge in [0.2, 0.25) is 5.91 Å². The van der Waals surface area contributed by atoms with Crippen LogP contribution >= 0.6 is 0 Å². The van der Waals surface area contributed by atoms with Crippen molar-refractivity contribution in [2.75, 3.05) is 0 Å². The molecule has 0 aliphatic rings. The molecule has 0 aliphatic carbocycles. The monoisotopic (exact) mass is 426 g/mol. The van der Waals surface area contributed by atoms with Crippen molar-refractivity contribution < 1.29 is 9.72 Å². The number of nitrogens with one attached hydrogen (secondary N) is 1. The van der Waals surface area contributed by atoms with Crippen molar-refractivity contribution in [2.24, 2.45) is 5.10 Å². The third-order valence-electron chi connectivity index (χ3n) is 5.39. The Morgan fingerprint density at radius 1 is 1.03 bits per heavy atom. The van der Waals surface area contributed by atoms with E-state index in [1.807, 2.05) is 43.3 Å². The Morgan fingerprint density at radius 2 is 1.72 bits per heavy atom. The Morgan fingerprint density at radius 3 is 2.50 bits per heavy atom. The summed E-state index contributed by atoms with van der Waals surface area (Å²) in [6.07, 6.45) is 1.51. The Bertz CT molecular complexity index is 1310. The summed E-state index contributed by atoms with van der Waals surface area (Å²) >= 11 is 0. The molecule has 3 aromatic carbocycles. The highest BCUT2D eigenvalue weighted by molar-refractivity contribution is 6.01. The summed E-state index contributed by atoms with van der Waals surface area (Å²) in [5, 5.41) is 16.3. The van der Waals surface area contributed by atoms with Gasteiger partial charge in [-0.3, -0.25) is 14.9 Å². The molecule has 32 heavy (non-hydrogen) atoms. The SMILES string of the molecule is Cc1c(C=NNC(=O)Cc2ccccc2[N+](=O)[O-])c2ccccc2n1Cc1ccccc1. The average Bonchev–Trinajstić information content (AvgIpc) is 3.06. The molecule has 0 radical (unpaired) electrons. The quantitative estimate of drug-likeness (QED) is 0.266. The molecule has 0 saturated carbocycles. The Balaban J connectivity index is 1.55. The van der Waals surface area contributed by atoms with E-state index >= 15 is 0 Å². The van der Waals surface area contributed by atoms with Crippen LogP contribution < -0.4 is 5.43 Å². The molecule has 1 amide bonds. The van der Waals surface area contributed by atoms with Gasteiger partial charge in [0.25, 0.3) is 5.69 Å². The van der Waals surface area contributed by atoms with Gasteiger partial charge in [-0.05, 0) is 18.6 Å². The van der Waals surface area contributed by atoms with Gasteiger partial charge in [-0.25, -0.2) is 5.43 Å². The molecule has 4 aromatic rings. The summed E-state index contributed by atoms with van der Waals surface area (Å²) in [7, 11) is 0. The first-order chi connectivity index (χ1) is 15.5. The van der Waals surface area contributed by atoms with Gasteiger partial charge in [-0.15, -0.1) is 0 Å². The number of hydrazone groups is 1. The molecule has 160 valence electrons. The molecular weight excluding hydrogens is 404 g/mol. The lowest BCUT2D eigenvalue weighted by atomic mass is 10.1. The zero-order valence-corrected chi connectivity index (χ0v) is 17.6. The van der Waals surface area contributed by atoms with Crippen LogP contribution in [0.5, 0.6) is 0 Å². The third-order valence-corrected chi connectivity index (χ3v) is 5.39. The van der Waals surface area contributed by atoms with Crippen LogP contribution in [-0.2, 0) is 17.8 Å². The summed E-state index contributed by atoms with van der Waals surface area (Å²) in [5.74, 6) is -0.416. The summed E-state index contributed by atoms with van der Waals surface area (Å²) in [6, 6.07) is 24.5. The number of carbonyl (C=O) groups excluding carboxylic acids is 1. The highest BCUT2D eigenvalue weighted by Crippen LogP contribution is 2.25. The fourth-order valence-corrected chi connectivity index (χ4v) is 3.81. The van der Waals surface area contributed by atoms with Gasteiger partial charge in [0.1, 0.15) is 0 Å². The minimum absolute atomic E-state index is 0.0774. The van der Waals surface area contributed by atoms with Crippen LogP contribution in [0.3, 0.4) is 0 Å². The van der Waals surface area contributed by atoms with Crippen LogP contribution in [0.15, 0.2) is 84.0 Å². The number of aromatic nitrogens is 1. The van der Waals surface area contributed by atoms with E-state index in [-0.39, 0.29) is 12.1 Å². The zero-order chi connectivity index (χ0) is 22.5. The summed E-state index contributed by atoms with van der Waals surface area (Å²) in [4.78, 5) is 23.0. The maximum atomic E-state index is 12.3. The van der Waals surface area contributed by atoms with Crippen LogP contribution in [0.25, 0.3) is 10.9 Å². The summed E-state index contributed by atoms with van der Waals surface area (Å²) < 4.78 is 2.22. The smallest absolute Gasteiger partial charge is 0.273 e. The van der Waals surface area contributed by atoms with Gasteiger partial charge in [0.05, 0.1) is 17.6 Å². The van der Waals surface area contributed by atoms with Gasteiger partial charge < -0.3 is 4.57 Å². The van der Waals surface area contributed by atoms with Gasteiger partial charge >= 0.3 is 0 Å². The Hall–Kier alpha value is -4.26. The number of nitro benzene ring substituents is 1. The second-order valence-electron chi connectivity index (χ2n) is 7.44. The van der Waals surface area contributed by atoms with Gasteiger partial charge in [0, 0.05) is 40.3 Å². The summed E-state index contributed by atoms with van der Waals surface area (Å²) in [5.41, 5.74) is 7.00. The molecule has 4 rings (SSSR count). The van der Waals surface area contributed by atoms with Crippen molar-refractivity contribution in [1.82, 2.24) is 9.99 Å². The molecule has 0 fully saturated rings. The van der Waals surface area contributed by atoms with Crippen molar-refractivity contribution >= 4 is 28.7 Å². The summed E-state index contributed by atoms with van der Waals surface area (Å²) in [6.45, 7) is 2.75. The van der Waals surface area contributed by atoms with Gasteiger partial charge in [-0.2, -0.15) is 5.10 Å². The molecule has 1 aromatic heterocycles. The number of nitro groups is 1. The first kappa shape index (κ1) is 21.0. The van der Waals surface area contributed by atoms with Crippen molar-refractivity contribution in [2.45, 2.75) is 19.9 Å². The predicted molar refractivity (Wildman–Crippen MR) is 125 cm³/mol. The molecule has 0 bridgehead atoms. The van der Waals surface area contributed by atoms with E-state index in [9.17, 15) is 14.9 Å². The molecule has 0 aliphatic heterocycles. The van der Waals surface area contributed by atoms with E-state index in [0.29, 0.717) is 5.56 Å². The number of rotatable bonds is 7. The molecule has 7 heteroatoms. The second kappa shape index (κ2) is 9.26. The Kier molecular flexibility index (Phi) is 6.07. The molecule has 0 atom stereocenters. The zero-order valence-electron chi connectivity index (χ0n) is 17.6. The number of fused-ring (bicyclic) bond motifs is 1. The van der Waals surface area contributed by atoms with Crippen LogP contribution in [0.1, 0.15) is 22.4 Å². The lowest BCUT2D eigenvalue weighted by Crippen LogP contribution is -2.20. The number of nitrogens with zero attached hydrogens (tertiary/aromatic N) is 3. The minimum atomic E-state index is -0.489.